The Kier molecular flexibility index (Phi) is 2.24. The molecule has 18 heavy (non-hydrogen) atoms. The van der Waals surface area contributed by atoms with Crippen LogP contribution in [0.3, 0.4) is 0 Å². The van der Waals surface area contributed by atoms with E-state index in [0.29, 0.717) is 5.41 Å². The van der Waals surface area contributed by atoms with Crippen molar-refractivity contribution >= 4 is 6.08 Å². The van der Waals surface area contributed by atoms with E-state index in [4.69, 9.17) is 0 Å². The van der Waals surface area contributed by atoms with Crippen LogP contribution in [-0.2, 0) is 0 Å². The molecular weight excluding hydrogens is 216 g/mol. The van der Waals surface area contributed by atoms with Gasteiger partial charge in [0.05, 0.1) is 0 Å². The van der Waals surface area contributed by atoms with Gasteiger partial charge in [0.15, 0.2) is 0 Å². The van der Waals surface area contributed by atoms with Crippen molar-refractivity contribution in [2.24, 2.45) is 17.3 Å². The minimum absolute atomic E-state index is 0.651. The van der Waals surface area contributed by atoms with Crippen LogP contribution in [0.4, 0.5) is 0 Å². The summed E-state index contributed by atoms with van der Waals surface area (Å²) in [6.45, 7) is 2.55. The van der Waals surface area contributed by atoms with Crippen molar-refractivity contribution in [1.82, 2.24) is 0 Å². The Morgan fingerprint density at radius 3 is 2.94 bits per heavy atom. The summed E-state index contributed by atoms with van der Waals surface area (Å²) in [6.07, 6.45) is 12.2. The standard InChI is InChI=1S/C18H22/c1-18-11-4-7-17(18)16-9-8-13-5-2-3-6-14(13)15(16)10-12-18/h2-3,5-6,8-9,15-17H,4,7,10-12H2,1H3. The monoisotopic (exact) mass is 238 g/mol. The van der Waals surface area contributed by atoms with Gasteiger partial charge in [0.25, 0.3) is 0 Å². The smallest absolute Gasteiger partial charge is 0.00899 e. The first-order valence-electron chi connectivity index (χ1n) is 7.55. The van der Waals surface area contributed by atoms with E-state index in [2.05, 4.69) is 43.3 Å². The summed E-state index contributed by atoms with van der Waals surface area (Å²) in [5.74, 6) is 2.57. The highest BCUT2D eigenvalue weighted by atomic mass is 14.5. The van der Waals surface area contributed by atoms with E-state index in [1.807, 2.05) is 0 Å². The lowest BCUT2D eigenvalue weighted by Crippen LogP contribution is -2.37. The number of rotatable bonds is 0. The molecule has 94 valence electrons. The molecule has 2 saturated carbocycles. The van der Waals surface area contributed by atoms with Crippen LogP contribution in [-0.4, -0.2) is 0 Å². The summed E-state index contributed by atoms with van der Waals surface area (Å²) in [6, 6.07) is 9.04. The molecule has 1 aromatic rings. The maximum Gasteiger partial charge on any atom is -0.00899 e. The number of benzene rings is 1. The molecule has 3 aliphatic rings. The van der Waals surface area contributed by atoms with Gasteiger partial charge in [0, 0.05) is 0 Å². The molecule has 4 rings (SSSR count). The van der Waals surface area contributed by atoms with Gasteiger partial charge in [-0.2, -0.15) is 0 Å². The predicted octanol–water partition coefficient (Wildman–Crippen LogP) is 5.01. The minimum Gasteiger partial charge on any atom is -0.0799 e. The number of fused-ring (bicyclic) bond motifs is 5. The zero-order valence-electron chi connectivity index (χ0n) is 11.2. The molecule has 0 radical (unpaired) electrons. The molecule has 0 spiro atoms. The highest BCUT2D eigenvalue weighted by Gasteiger charge is 2.48. The molecule has 0 nitrogen and oxygen atoms in total. The van der Waals surface area contributed by atoms with Crippen molar-refractivity contribution in [3.8, 4) is 0 Å². The third kappa shape index (κ3) is 1.38. The first-order valence-corrected chi connectivity index (χ1v) is 7.55. The Bertz CT molecular complexity index is 499. The Labute approximate surface area is 110 Å². The van der Waals surface area contributed by atoms with Crippen LogP contribution in [0.1, 0.15) is 56.1 Å². The van der Waals surface area contributed by atoms with Crippen molar-refractivity contribution < 1.29 is 0 Å². The highest BCUT2D eigenvalue weighted by molar-refractivity contribution is 5.58. The van der Waals surface area contributed by atoms with E-state index in [-0.39, 0.29) is 0 Å². The van der Waals surface area contributed by atoms with Crippen LogP contribution in [0.25, 0.3) is 6.08 Å². The van der Waals surface area contributed by atoms with E-state index < -0.39 is 0 Å². The molecule has 0 aliphatic heterocycles. The minimum atomic E-state index is 0.651. The quantitative estimate of drug-likeness (QED) is 0.595. The summed E-state index contributed by atoms with van der Waals surface area (Å²) in [4.78, 5) is 0. The molecule has 3 aliphatic carbocycles. The molecule has 1 aromatic carbocycles. The van der Waals surface area contributed by atoms with Gasteiger partial charge in [-0.3, -0.25) is 0 Å². The first kappa shape index (κ1) is 10.8. The summed E-state index contributed by atoms with van der Waals surface area (Å²) in [5, 5.41) is 0. The number of hydrogen-bond acceptors (Lipinski definition) is 0. The first-order chi connectivity index (χ1) is 8.78. The summed E-state index contributed by atoms with van der Waals surface area (Å²) >= 11 is 0. The Hall–Kier alpha value is -1.04. The zero-order valence-corrected chi connectivity index (χ0v) is 11.2. The van der Waals surface area contributed by atoms with Crippen LogP contribution in [0, 0.1) is 17.3 Å². The number of hydrogen-bond donors (Lipinski definition) is 0. The molecule has 0 amide bonds. The van der Waals surface area contributed by atoms with Gasteiger partial charge in [-0.25, -0.2) is 0 Å². The van der Waals surface area contributed by atoms with Crippen molar-refractivity contribution in [1.29, 1.82) is 0 Å². The van der Waals surface area contributed by atoms with Gasteiger partial charge >= 0.3 is 0 Å². The average Bonchev–Trinajstić information content (AvgIpc) is 2.80. The third-order valence-corrected chi connectivity index (χ3v) is 6.01. The van der Waals surface area contributed by atoms with E-state index in [0.717, 1.165) is 17.8 Å². The fraction of sp³-hybridized carbons (Fsp3) is 0.556. The molecular formula is C18H22. The SMILES string of the molecule is CC12CCCC1C1C=Cc3ccccc3C1CC2. The van der Waals surface area contributed by atoms with E-state index >= 15 is 0 Å². The second-order valence-corrected chi connectivity index (χ2v) is 6.86. The second kappa shape index (κ2) is 3.73. The maximum atomic E-state index is 2.55. The second-order valence-electron chi connectivity index (χ2n) is 6.86. The fourth-order valence-corrected chi connectivity index (χ4v) is 5.03. The van der Waals surface area contributed by atoms with Crippen LogP contribution < -0.4 is 0 Å². The van der Waals surface area contributed by atoms with Crippen molar-refractivity contribution in [2.75, 3.05) is 0 Å². The van der Waals surface area contributed by atoms with Gasteiger partial charge in [-0.1, -0.05) is 49.8 Å². The molecule has 0 heteroatoms. The van der Waals surface area contributed by atoms with Gasteiger partial charge in [0.1, 0.15) is 0 Å². The van der Waals surface area contributed by atoms with Crippen LogP contribution >= 0.6 is 0 Å². The molecule has 0 aromatic heterocycles. The van der Waals surface area contributed by atoms with Gasteiger partial charge in [-0.15, -0.1) is 0 Å². The molecule has 4 unspecified atom stereocenters. The van der Waals surface area contributed by atoms with E-state index in [9.17, 15) is 0 Å². The Balaban J connectivity index is 1.77. The van der Waals surface area contributed by atoms with Crippen molar-refractivity contribution in [2.45, 2.75) is 44.9 Å². The molecule has 0 N–H and O–H groups in total. The normalized spacial score (nSPS) is 41.1. The summed E-state index contributed by atoms with van der Waals surface area (Å²) < 4.78 is 0. The fourth-order valence-electron chi connectivity index (χ4n) is 5.03. The molecule has 2 fully saturated rings. The zero-order chi connectivity index (χ0) is 12.2. The summed E-state index contributed by atoms with van der Waals surface area (Å²) in [5.41, 5.74) is 3.75. The van der Waals surface area contributed by atoms with E-state index in [1.165, 1.54) is 37.7 Å². The average molecular weight is 238 g/mol. The Morgan fingerprint density at radius 2 is 2.00 bits per heavy atom. The predicted molar refractivity (Wildman–Crippen MR) is 76.4 cm³/mol. The van der Waals surface area contributed by atoms with Crippen LogP contribution in [0.2, 0.25) is 0 Å². The van der Waals surface area contributed by atoms with E-state index in [1.54, 1.807) is 5.56 Å². The lowest BCUT2D eigenvalue weighted by molar-refractivity contribution is 0.0946. The number of allylic oxidation sites excluding steroid dienone is 1. The van der Waals surface area contributed by atoms with Crippen LogP contribution in [0.15, 0.2) is 30.3 Å². The lowest BCUT2D eigenvalue weighted by atomic mass is 9.57. The van der Waals surface area contributed by atoms with Crippen molar-refractivity contribution in [3.05, 3.63) is 41.5 Å². The molecule has 0 heterocycles. The molecule has 0 saturated heterocycles. The molecule has 0 bridgehead atoms. The highest BCUT2D eigenvalue weighted by Crippen LogP contribution is 2.59. The van der Waals surface area contributed by atoms with Gasteiger partial charge in [-0.05, 0) is 60.0 Å². The topological polar surface area (TPSA) is 0 Å². The maximum absolute atomic E-state index is 2.55. The Morgan fingerprint density at radius 1 is 1.11 bits per heavy atom. The third-order valence-electron chi connectivity index (χ3n) is 6.01. The lowest BCUT2D eigenvalue weighted by Gasteiger charge is -2.47. The largest absolute Gasteiger partial charge is 0.0799 e. The van der Waals surface area contributed by atoms with Gasteiger partial charge in [0.2, 0.25) is 0 Å². The summed E-state index contributed by atoms with van der Waals surface area (Å²) in [7, 11) is 0. The van der Waals surface area contributed by atoms with Gasteiger partial charge < -0.3 is 0 Å². The molecule has 4 atom stereocenters. The van der Waals surface area contributed by atoms with Crippen molar-refractivity contribution in [3.63, 3.8) is 0 Å². The van der Waals surface area contributed by atoms with Crippen LogP contribution in [0.5, 0.6) is 0 Å².